The highest BCUT2D eigenvalue weighted by molar-refractivity contribution is 9.10. The number of aromatic nitrogens is 4. The summed E-state index contributed by atoms with van der Waals surface area (Å²) in [7, 11) is 0. The zero-order chi connectivity index (χ0) is 16.8. The standard InChI is InChI=1S/C15H22BrN5O2/c1-5-21-15(18-19-20-21)17-9-11-7-12(16)14(23-10(3)4)13(8-11)22-6-2/h7-8,10H,5-6,9H2,1-4H3,(H,17,18,20). The highest BCUT2D eigenvalue weighted by atomic mass is 79.9. The van der Waals surface area contributed by atoms with Crippen LogP contribution in [0.4, 0.5) is 5.95 Å². The summed E-state index contributed by atoms with van der Waals surface area (Å²) in [5.74, 6) is 2.09. The molecule has 0 atom stereocenters. The quantitative estimate of drug-likeness (QED) is 0.753. The summed E-state index contributed by atoms with van der Waals surface area (Å²) in [6.07, 6.45) is 0.0728. The number of hydrogen-bond donors (Lipinski definition) is 1. The Kier molecular flexibility index (Phi) is 6.20. The van der Waals surface area contributed by atoms with Gasteiger partial charge in [-0.15, -0.1) is 0 Å². The van der Waals surface area contributed by atoms with Crippen molar-refractivity contribution in [3.05, 3.63) is 22.2 Å². The number of nitrogens with zero attached hydrogens (tertiary/aromatic N) is 4. The van der Waals surface area contributed by atoms with Crippen molar-refractivity contribution in [1.29, 1.82) is 0 Å². The Morgan fingerprint density at radius 2 is 2.09 bits per heavy atom. The molecule has 0 bridgehead atoms. The first-order chi connectivity index (χ1) is 11.0. The van der Waals surface area contributed by atoms with Crippen LogP contribution >= 0.6 is 15.9 Å². The summed E-state index contributed by atoms with van der Waals surface area (Å²) in [5, 5.41) is 14.8. The van der Waals surface area contributed by atoms with Crippen molar-refractivity contribution in [1.82, 2.24) is 20.2 Å². The average molecular weight is 384 g/mol. The van der Waals surface area contributed by atoms with E-state index in [-0.39, 0.29) is 6.10 Å². The molecule has 0 fully saturated rings. The molecule has 0 aliphatic carbocycles. The first kappa shape index (κ1) is 17.5. The van der Waals surface area contributed by atoms with Crippen LogP contribution in [0.15, 0.2) is 16.6 Å². The van der Waals surface area contributed by atoms with Crippen LogP contribution < -0.4 is 14.8 Å². The molecule has 0 saturated carbocycles. The maximum absolute atomic E-state index is 5.84. The molecule has 7 nitrogen and oxygen atoms in total. The van der Waals surface area contributed by atoms with E-state index in [1.54, 1.807) is 4.68 Å². The van der Waals surface area contributed by atoms with Crippen molar-refractivity contribution < 1.29 is 9.47 Å². The van der Waals surface area contributed by atoms with Gasteiger partial charge in [-0.25, -0.2) is 4.68 Å². The van der Waals surface area contributed by atoms with Gasteiger partial charge in [0, 0.05) is 13.1 Å². The Labute approximate surface area is 144 Å². The van der Waals surface area contributed by atoms with Gasteiger partial charge in [0.05, 0.1) is 17.2 Å². The predicted octanol–water partition coefficient (Wildman–Crippen LogP) is 3.25. The molecule has 2 aromatic rings. The lowest BCUT2D eigenvalue weighted by Crippen LogP contribution is -2.10. The number of benzene rings is 1. The van der Waals surface area contributed by atoms with E-state index in [1.165, 1.54) is 0 Å². The van der Waals surface area contributed by atoms with Crippen molar-refractivity contribution in [3.8, 4) is 11.5 Å². The number of hydrogen-bond acceptors (Lipinski definition) is 6. The lowest BCUT2D eigenvalue weighted by atomic mass is 10.2. The normalized spacial score (nSPS) is 10.9. The lowest BCUT2D eigenvalue weighted by molar-refractivity contribution is 0.222. The molecule has 1 aromatic heterocycles. The van der Waals surface area contributed by atoms with Crippen LogP contribution in [0.1, 0.15) is 33.3 Å². The minimum atomic E-state index is 0.0728. The number of ether oxygens (including phenoxy) is 2. The second kappa shape index (κ2) is 8.14. The van der Waals surface area contributed by atoms with Gasteiger partial charge in [-0.3, -0.25) is 0 Å². The molecule has 0 radical (unpaired) electrons. The number of halogens is 1. The van der Waals surface area contributed by atoms with E-state index in [4.69, 9.17) is 9.47 Å². The second-order valence-electron chi connectivity index (χ2n) is 5.18. The van der Waals surface area contributed by atoms with Gasteiger partial charge in [-0.2, -0.15) is 0 Å². The summed E-state index contributed by atoms with van der Waals surface area (Å²) in [6.45, 7) is 9.79. The SMILES string of the molecule is CCOc1cc(CNc2nnnn2CC)cc(Br)c1OC(C)C. The van der Waals surface area contributed by atoms with Crippen LogP contribution in [0.3, 0.4) is 0 Å². The molecule has 0 aliphatic heterocycles. The number of aryl methyl sites for hydroxylation is 1. The van der Waals surface area contributed by atoms with E-state index < -0.39 is 0 Å². The third kappa shape index (κ3) is 4.57. The van der Waals surface area contributed by atoms with E-state index in [0.29, 0.717) is 25.6 Å². The Morgan fingerprint density at radius 3 is 2.74 bits per heavy atom. The molecule has 1 aromatic carbocycles. The fourth-order valence-corrected chi connectivity index (χ4v) is 2.64. The van der Waals surface area contributed by atoms with Crippen LogP contribution in [0.2, 0.25) is 0 Å². The van der Waals surface area contributed by atoms with E-state index in [1.807, 2.05) is 39.8 Å². The van der Waals surface area contributed by atoms with Gasteiger partial charge in [-0.1, -0.05) is 5.10 Å². The van der Waals surface area contributed by atoms with Crippen LogP contribution in [0.5, 0.6) is 11.5 Å². The van der Waals surface area contributed by atoms with Crippen molar-refractivity contribution in [3.63, 3.8) is 0 Å². The molecule has 0 saturated heterocycles. The van der Waals surface area contributed by atoms with Gasteiger partial charge in [0.2, 0.25) is 5.95 Å². The minimum Gasteiger partial charge on any atom is -0.490 e. The molecule has 2 rings (SSSR count). The first-order valence-corrected chi connectivity index (χ1v) is 8.46. The Hall–Kier alpha value is -1.83. The fraction of sp³-hybridized carbons (Fsp3) is 0.533. The predicted molar refractivity (Wildman–Crippen MR) is 91.9 cm³/mol. The Bertz CT molecular complexity index is 645. The van der Waals surface area contributed by atoms with E-state index in [9.17, 15) is 0 Å². The van der Waals surface area contributed by atoms with Crippen LogP contribution in [-0.4, -0.2) is 32.9 Å². The molecule has 126 valence electrons. The topological polar surface area (TPSA) is 74.1 Å². The summed E-state index contributed by atoms with van der Waals surface area (Å²) < 4.78 is 14.1. The van der Waals surface area contributed by atoms with Gasteiger partial charge in [0.15, 0.2) is 11.5 Å². The van der Waals surface area contributed by atoms with E-state index >= 15 is 0 Å². The van der Waals surface area contributed by atoms with Crippen molar-refractivity contribution in [2.45, 2.75) is 46.9 Å². The maximum Gasteiger partial charge on any atom is 0.243 e. The highest BCUT2D eigenvalue weighted by Crippen LogP contribution is 2.37. The fourth-order valence-electron chi connectivity index (χ4n) is 2.06. The number of anilines is 1. The third-order valence-corrected chi connectivity index (χ3v) is 3.59. The minimum absolute atomic E-state index is 0.0728. The summed E-state index contributed by atoms with van der Waals surface area (Å²) >= 11 is 3.57. The molecule has 23 heavy (non-hydrogen) atoms. The summed E-state index contributed by atoms with van der Waals surface area (Å²) in [5.41, 5.74) is 1.04. The zero-order valence-corrected chi connectivity index (χ0v) is 15.4. The van der Waals surface area contributed by atoms with Gasteiger partial charge >= 0.3 is 0 Å². The molecular weight excluding hydrogens is 362 g/mol. The smallest absolute Gasteiger partial charge is 0.243 e. The van der Waals surface area contributed by atoms with E-state index in [0.717, 1.165) is 21.5 Å². The zero-order valence-electron chi connectivity index (χ0n) is 13.8. The average Bonchev–Trinajstić information content (AvgIpc) is 2.96. The van der Waals surface area contributed by atoms with Gasteiger partial charge in [-0.05, 0) is 71.7 Å². The van der Waals surface area contributed by atoms with Crippen molar-refractivity contribution in [2.75, 3.05) is 11.9 Å². The monoisotopic (exact) mass is 383 g/mol. The molecule has 1 N–H and O–H groups in total. The van der Waals surface area contributed by atoms with Crippen molar-refractivity contribution in [2.24, 2.45) is 0 Å². The number of rotatable bonds is 8. The van der Waals surface area contributed by atoms with Gasteiger partial charge in [0.25, 0.3) is 0 Å². The van der Waals surface area contributed by atoms with Crippen LogP contribution in [0.25, 0.3) is 0 Å². The highest BCUT2D eigenvalue weighted by Gasteiger charge is 2.14. The number of nitrogens with one attached hydrogen (secondary N) is 1. The van der Waals surface area contributed by atoms with Crippen LogP contribution in [-0.2, 0) is 13.1 Å². The first-order valence-electron chi connectivity index (χ1n) is 7.67. The molecule has 0 aliphatic rings. The largest absolute Gasteiger partial charge is 0.490 e. The Balaban J connectivity index is 2.19. The molecule has 0 amide bonds. The van der Waals surface area contributed by atoms with Crippen molar-refractivity contribution >= 4 is 21.9 Å². The van der Waals surface area contributed by atoms with Crippen LogP contribution in [0, 0.1) is 0 Å². The summed E-state index contributed by atoms with van der Waals surface area (Å²) in [6, 6.07) is 3.98. The number of tetrazole rings is 1. The summed E-state index contributed by atoms with van der Waals surface area (Å²) in [4.78, 5) is 0. The third-order valence-electron chi connectivity index (χ3n) is 3.00. The molecular formula is C15H22BrN5O2. The molecule has 1 heterocycles. The maximum atomic E-state index is 5.84. The molecule has 0 spiro atoms. The van der Waals surface area contributed by atoms with Gasteiger partial charge < -0.3 is 14.8 Å². The molecule has 8 heteroatoms. The van der Waals surface area contributed by atoms with E-state index in [2.05, 4.69) is 36.8 Å². The molecule has 0 unspecified atom stereocenters. The second-order valence-corrected chi connectivity index (χ2v) is 6.03. The van der Waals surface area contributed by atoms with Gasteiger partial charge in [0.1, 0.15) is 0 Å². The lowest BCUT2D eigenvalue weighted by Gasteiger charge is -2.17. The Morgan fingerprint density at radius 1 is 1.30 bits per heavy atom.